The van der Waals surface area contributed by atoms with Crippen LogP contribution < -0.4 is 0 Å². The summed E-state index contributed by atoms with van der Waals surface area (Å²) in [6, 6.07) is -0.0677. The van der Waals surface area contributed by atoms with Crippen molar-refractivity contribution < 1.29 is 10.4 Å². The van der Waals surface area contributed by atoms with Gasteiger partial charge in [-0.2, -0.15) is 0 Å². The lowest BCUT2D eigenvalue weighted by molar-refractivity contribution is -0.333. The van der Waals surface area contributed by atoms with Crippen molar-refractivity contribution in [1.29, 1.82) is 0 Å². The van der Waals surface area contributed by atoms with Gasteiger partial charge in [0.15, 0.2) is 0 Å². The monoisotopic (exact) mass is 189 g/mol. The highest BCUT2D eigenvalue weighted by molar-refractivity contribution is 4.60. The van der Waals surface area contributed by atoms with Gasteiger partial charge in [0.2, 0.25) is 0 Å². The maximum atomic E-state index is 8.89. The van der Waals surface area contributed by atoms with Gasteiger partial charge in [-0.05, 0) is 12.8 Å². The first-order valence-corrected chi connectivity index (χ1v) is 5.39. The Bertz CT molecular complexity index is 107. The van der Waals surface area contributed by atoms with Crippen molar-refractivity contribution in [3.05, 3.63) is 0 Å². The van der Waals surface area contributed by atoms with Crippen LogP contribution in [0.1, 0.15) is 58.8 Å². The van der Waals surface area contributed by atoms with Gasteiger partial charge in [0.05, 0.1) is 6.04 Å². The van der Waals surface area contributed by atoms with Crippen LogP contribution >= 0.6 is 0 Å². The summed E-state index contributed by atoms with van der Waals surface area (Å²) in [7, 11) is 0. The largest absolute Gasteiger partial charge is 0.289 e. The van der Waals surface area contributed by atoms with Gasteiger partial charge in [-0.1, -0.05) is 51.2 Å². The molecule has 3 heteroatoms. The van der Waals surface area contributed by atoms with E-state index in [0.29, 0.717) is 5.23 Å². The van der Waals surface area contributed by atoms with Gasteiger partial charge in [-0.25, -0.2) is 0 Å². The van der Waals surface area contributed by atoms with Crippen LogP contribution in [0.4, 0.5) is 0 Å². The standard InChI is InChI=1S/C10H23NO2/c1-3-5-6-7-9-10(8-4-2)11(12)13/h10,12-13H,3-9H2,1-2H3. The molecule has 0 saturated carbocycles. The minimum atomic E-state index is -0.0677. The molecule has 0 aromatic rings. The van der Waals surface area contributed by atoms with E-state index in [4.69, 9.17) is 10.4 Å². The second-order valence-electron chi connectivity index (χ2n) is 3.61. The lowest BCUT2D eigenvalue weighted by Gasteiger charge is -2.19. The summed E-state index contributed by atoms with van der Waals surface area (Å²) in [5.41, 5.74) is 0. The Hall–Kier alpha value is -0.120. The summed E-state index contributed by atoms with van der Waals surface area (Å²) in [4.78, 5) is 0. The summed E-state index contributed by atoms with van der Waals surface area (Å²) in [6.45, 7) is 4.23. The van der Waals surface area contributed by atoms with Gasteiger partial charge in [0.1, 0.15) is 0 Å². The summed E-state index contributed by atoms with van der Waals surface area (Å²) in [5.74, 6) is 0. The number of hydrogen-bond acceptors (Lipinski definition) is 3. The molecule has 3 nitrogen and oxygen atoms in total. The molecule has 0 amide bonds. The second kappa shape index (κ2) is 8.48. The van der Waals surface area contributed by atoms with Crippen LogP contribution in [0.15, 0.2) is 0 Å². The molecule has 0 heterocycles. The maximum Gasteiger partial charge on any atom is 0.0623 e. The third-order valence-corrected chi connectivity index (χ3v) is 2.34. The zero-order valence-corrected chi connectivity index (χ0v) is 8.87. The van der Waals surface area contributed by atoms with E-state index in [-0.39, 0.29) is 6.04 Å². The molecule has 0 aromatic carbocycles. The predicted octanol–water partition coefficient (Wildman–Crippen LogP) is 3.21. The minimum absolute atomic E-state index is 0.0677. The summed E-state index contributed by atoms with van der Waals surface area (Å²) in [5, 5.41) is 18.2. The quantitative estimate of drug-likeness (QED) is 0.455. The fourth-order valence-electron chi connectivity index (χ4n) is 1.52. The lowest BCUT2D eigenvalue weighted by Crippen LogP contribution is -2.28. The van der Waals surface area contributed by atoms with Gasteiger partial charge in [-0.3, -0.25) is 10.4 Å². The Morgan fingerprint density at radius 1 is 0.923 bits per heavy atom. The number of hydroxylamine groups is 2. The van der Waals surface area contributed by atoms with E-state index < -0.39 is 0 Å². The predicted molar refractivity (Wildman–Crippen MR) is 52.9 cm³/mol. The highest BCUT2D eigenvalue weighted by Gasteiger charge is 2.12. The van der Waals surface area contributed by atoms with E-state index in [9.17, 15) is 0 Å². The first kappa shape index (κ1) is 12.9. The van der Waals surface area contributed by atoms with Gasteiger partial charge < -0.3 is 0 Å². The SMILES string of the molecule is CCCCCCC(CCC)N(O)O. The van der Waals surface area contributed by atoms with Gasteiger partial charge >= 0.3 is 0 Å². The molecule has 0 fully saturated rings. The van der Waals surface area contributed by atoms with Crippen molar-refractivity contribution in [3.8, 4) is 0 Å². The van der Waals surface area contributed by atoms with Crippen LogP contribution in [0.3, 0.4) is 0 Å². The zero-order chi connectivity index (χ0) is 10.1. The molecule has 80 valence electrons. The molecule has 0 radical (unpaired) electrons. The molecule has 0 aliphatic rings. The molecule has 13 heavy (non-hydrogen) atoms. The molecular weight excluding hydrogens is 166 g/mol. The van der Waals surface area contributed by atoms with Gasteiger partial charge in [-0.15, -0.1) is 0 Å². The van der Waals surface area contributed by atoms with E-state index in [1.807, 2.05) is 0 Å². The van der Waals surface area contributed by atoms with Crippen LogP contribution in [0.25, 0.3) is 0 Å². The minimum Gasteiger partial charge on any atom is -0.289 e. The Kier molecular flexibility index (Phi) is 8.40. The molecular formula is C10H23NO2. The molecule has 0 rings (SSSR count). The van der Waals surface area contributed by atoms with E-state index in [1.54, 1.807) is 0 Å². The highest BCUT2D eigenvalue weighted by Crippen LogP contribution is 2.12. The third-order valence-electron chi connectivity index (χ3n) is 2.34. The Morgan fingerprint density at radius 3 is 2.08 bits per heavy atom. The summed E-state index contributed by atoms with van der Waals surface area (Å²) >= 11 is 0. The van der Waals surface area contributed by atoms with E-state index >= 15 is 0 Å². The van der Waals surface area contributed by atoms with Crippen molar-refractivity contribution in [1.82, 2.24) is 5.23 Å². The molecule has 0 aliphatic heterocycles. The van der Waals surface area contributed by atoms with Crippen LogP contribution in [-0.2, 0) is 0 Å². The molecule has 0 saturated heterocycles. The van der Waals surface area contributed by atoms with E-state index in [1.165, 1.54) is 19.3 Å². The van der Waals surface area contributed by atoms with Crippen LogP contribution in [0.2, 0.25) is 0 Å². The molecule has 0 spiro atoms. The Labute approximate surface area is 81.3 Å². The second-order valence-corrected chi connectivity index (χ2v) is 3.61. The first-order chi connectivity index (χ1) is 6.22. The Balaban J connectivity index is 3.45. The van der Waals surface area contributed by atoms with Gasteiger partial charge in [0, 0.05) is 0 Å². The number of rotatable bonds is 8. The number of unbranched alkanes of at least 4 members (excludes halogenated alkanes) is 3. The average molecular weight is 189 g/mol. The normalized spacial score (nSPS) is 13.6. The molecule has 2 N–H and O–H groups in total. The van der Waals surface area contributed by atoms with Crippen molar-refractivity contribution in [3.63, 3.8) is 0 Å². The van der Waals surface area contributed by atoms with Crippen molar-refractivity contribution in [2.24, 2.45) is 0 Å². The Morgan fingerprint density at radius 2 is 1.62 bits per heavy atom. The van der Waals surface area contributed by atoms with Crippen molar-refractivity contribution in [2.75, 3.05) is 0 Å². The molecule has 0 aliphatic carbocycles. The van der Waals surface area contributed by atoms with Crippen LogP contribution in [0, 0.1) is 0 Å². The van der Waals surface area contributed by atoms with Crippen LogP contribution in [-0.4, -0.2) is 21.7 Å². The summed E-state index contributed by atoms with van der Waals surface area (Å²) in [6.07, 6.45) is 7.51. The average Bonchev–Trinajstić information content (AvgIpc) is 2.10. The third kappa shape index (κ3) is 6.99. The fraction of sp³-hybridized carbons (Fsp3) is 1.00. The lowest BCUT2D eigenvalue weighted by atomic mass is 10.0. The fourth-order valence-corrected chi connectivity index (χ4v) is 1.52. The maximum absolute atomic E-state index is 8.89. The number of nitrogens with zero attached hydrogens (tertiary/aromatic N) is 1. The highest BCUT2D eigenvalue weighted by atomic mass is 16.8. The van der Waals surface area contributed by atoms with Crippen molar-refractivity contribution in [2.45, 2.75) is 64.8 Å². The summed E-state index contributed by atoms with van der Waals surface area (Å²) < 4.78 is 0. The molecule has 0 bridgehead atoms. The van der Waals surface area contributed by atoms with Crippen molar-refractivity contribution >= 4 is 0 Å². The number of hydrogen-bond donors (Lipinski definition) is 2. The first-order valence-electron chi connectivity index (χ1n) is 5.39. The molecule has 1 atom stereocenters. The topological polar surface area (TPSA) is 43.7 Å². The molecule has 0 aromatic heterocycles. The van der Waals surface area contributed by atoms with Gasteiger partial charge in [0.25, 0.3) is 0 Å². The van der Waals surface area contributed by atoms with E-state index in [2.05, 4.69) is 13.8 Å². The van der Waals surface area contributed by atoms with Crippen LogP contribution in [0.5, 0.6) is 0 Å². The molecule has 1 unspecified atom stereocenters. The zero-order valence-electron chi connectivity index (χ0n) is 8.87. The smallest absolute Gasteiger partial charge is 0.0623 e. The van der Waals surface area contributed by atoms with E-state index in [0.717, 1.165) is 25.7 Å².